The smallest absolute Gasteiger partial charge is 0.188 e. The zero-order valence-corrected chi connectivity index (χ0v) is 13.5. The average Bonchev–Trinajstić information content (AvgIpc) is 3.08. The van der Waals surface area contributed by atoms with Gasteiger partial charge in [0.05, 0.1) is 5.69 Å². The van der Waals surface area contributed by atoms with Crippen molar-refractivity contribution in [3.63, 3.8) is 0 Å². The van der Waals surface area contributed by atoms with Gasteiger partial charge in [-0.2, -0.15) is 0 Å². The number of rotatable bonds is 4. The van der Waals surface area contributed by atoms with E-state index in [0.29, 0.717) is 12.0 Å². The molecule has 0 aromatic carbocycles. The van der Waals surface area contributed by atoms with Crippen LogP contribution < -0.4 is 5.32 Å². The van der Waals surface area contributed by atoms with E-state index in [-0.39, 0.29) is 0 Å². The van der Waals surface area contributed by atoms with E-state index < -0.39 is 0 Å². The molecule has 0 bridgehead atoms. The average molecular weight is 303 g/mol. The van der Waals surface area contributed by atoms with Crippen LogP contribution in [0.25, 0.3) is 0 Å². The highest BCUT2D eigenvalue weighted by atomic mass is 32.1. The van der Waals surface area contributed by atoms with Crippen molar-refractivity contribution < 1.29 is 0 Å². The number of thiazole rings is 1. The van der Waals surface area contributed by atoms with Crippen LogP contribution in [-0.2, 0) is 0 Å². The number of hydrogen-bond acceptors (Lipinski definition) is 6. The molecule has 2 aromatic rings. The molecular formula is C15H21N5S. The fourth-order valence-electron chi connectivity index (χ4n) is 2.76. The van der Waals surface area contributed by atoms with E-state index in [2.05, 4.69) is 45.1 Å². The molecule has 5 nitrogen and oxygen atoms in total. The summed E-state index contributed by atoms with van der Waals surface area (Å²) in [6.45, 7) is 8.70. The van der Waals surface area contributed by atoms with Crippen molar-refractivity contribution in [3.8, 4) is 0 Å². The zero-order chi connectivity index (χ0) is 14.8. The largest absolute Gasteiger partial charge is 0.316 e. The lowest BCUT2D eigenvalue weighted by Gasteiger charge is -2.20. The van der Waals surface area contributed by atoms with Gasteiger partial charge in [0.15, 0.2) is 5.13 Å². The van der Waals surface area contributed by atoms with E-state index >= 15 is 0 Å². The van der Waals surface area contributed by atoms with Crippen molar-refractivity contribution in [2.75, 3.05) is 18.4 Å². The van der Waals surface area contributed by atoms with E-state index in [9.17, 15) is 0 Å². The van der Waals surface area contributed by atoms with Gasteiger partial charge in [-0.3, -0.25) is 0 Å². The van der Waals surface area contributed by atoms with E-state index in [1.165, 1.54) is 6.42 Å². The van der Waals surface area contributed by atoms with Crippen LogP contribution in [0, 0.1) is 6.92 Å². The van der Waals surface area contributed by atoms with Crippen LogP contribution in [0.2, 0.25) is 0 Å². The zero-order valence-electron chi connectivity index (χ0n) is 12.7. The van der Waals surface area contributed by atoms with Gasteiger partial charge in [0.25, 0.3) is 0 Å². The maximum Gasteiger partial charge on any atom is 0.188 e. The third-order valence-electron chi connectivity index (χ3n) is 3.89. The minimum Gasteiger partial charge on any atom is -0.316 e. The summed E-state index contributed by atoms with van der Waals surface area (Å²) < 4.78 is 0. The van der Waals surface area contributed by atoms with Crippen LogP contribution in [0.5, 0.6) is 0 Å². The highest BCUT2D eigenvalue weighted by Crippen LogP contribution is 2.29. The lowest BCUT2D eigenvalue weighted by molar-refractivity contribution is 0.272. The summed E-state index contributed by atoms with van der Waals surface area (Å²) in [6.07, 6.45) is 2.96. The Balaban J connectivity index is 1.78. The molecule has 3 heterocycles. The summed E-state index contributed by atoms with van der Waals surface area (Å²) in [5.41, 5.74) is 1.14. The van der Waals surface area contributed by atoms with E-state index in [4.69, 9.17) is 0 Å². The second kappa shape index (κ2) is 6.07. The van der Waals surface area contributed by atoms with Crippen molar-refractivity contribution in [2.24, 2.45) is 0 Å². The van der Waals surface area contributed by atoms with Gasteiger partial charge in [-0.05, 0) is 33.7 Å². The number of anilines is 2. The Kier molecular flexibility index (Phi) is 4.17. The van der Waals surface area contributed by atoms with Crippen molar-refractivity contribution in [1.82, 2.24) is 19.9 Å². The molecule has 0 radical (unpaired) electrons. The molecule has 1 N–H and O–H groups in total. The second-order valence-corrected chi connectivity index (χ2v) is 6.66. The fourth-order valence-corrected chi connectivity index (χ4v) is 3.29. The molecular weight excluding hydrogens is 282 g/mol. The Morgan fingerprint density at radius 1 is 1.38 bits per heavy atom. The monoisotopic (exact) mass is 303 g/mol. The summed E-state index contributed by atoms with van der Waals surface area (Å²) in [5.74, 6) is 2.16. The molecule has 0 spiro atoms. The molecule has 0 aliphatic carbocycles. The molecule has 21 heavy (non-hydrogen) atoms. The number of hydrogen-bond donors (Lipinski definition) is 1. The molecule has 0 unspecified atom stereocenters. The number of likely N-dealkylation sites (tertiary alicyclic amines) is 1. The minimum absolute atomic E-state index is 0.506. The van der Waals surface area contributed by atoms with Gasteiger partial charge < -0.3 is 10.2 Å². The molecule has 1 fully saturated rings. The predicted octanol–water partition coefficient (Wildman–Crippen LogP) is 3.18. The third-order valence-corrected chi connectivity index (χ3v) is 4.58. The SMILES string of the molecule is Cc1nc(Nc2nccs2)cc([C@@H]2CCN(C(C)C)C2)n1. The lowest BCUT2D eigenvalue weighted by Crippen LogP contribution is -2.28. The fraction of sp³-hybridized carbons (Fsp3) is 0.533. The van der Waals surface area contributed by atoms with Gasteiger partial charge in [-0.25, -0.2) is 15.0 Å². The quantitative estimate of drug-likeness (QED) is 0.940. The number of aryl methyl sites for hydroxylation is 1. The van der Waals surface area contributed by atoms with Gasteiger partial charge in [-0.1, -0.05) is 0 Å². The number of aromatic nitrogens is 3. The molecule has 3 rings (SSSR count). The topological polar surface area (TPSA) is 53.9 Å². The molecule has 1 atom stereocenters. The molecule has 1 aliphatic heterocycles. The Morgan fingerprint density at radius 3 is 2.90 bits per heavy atom. The summed E-state index contributed by atoms with van der Waals surface area (Å²) >= 11 is 1.58. The van der Waals surface area contributed by atoms with Gasteiger partial charge >= 0.3 is 0 Å². The predicted molar refractivity (Wildman–Crippen MR) is 86.2 cm³/mol. The number of nitrogens with one attached hydrogen (secondary N) is 1. The molecule has 2 aromatic heterocycles. The second-order valence-electron chi connectivity index (χ2n) is 5.76. The van der Waals surface area contributed by atoms with Crippen LogP contribution in [0.3, 0.4) is 0 Å². The van der Waals surface area contributed by atoms with E-state index in [1.54, 1.807) is 17.5 Å². The van der Waals surface area contributed by atoms with Crippen molar-refractivity contribution in [1.29, 1.82) is 0 Å². The third kappa shape index (κ3) is 3.39. The Bertz CT molecular complexity index is 596. The molecule has 112 valence electrons. The highest BCUT2D eigenvalue weighted by Gasteiger charge is 2.26. The summed E-state index contributed by atoms with van der Waals surface area (Å²) in [7, 11) is 0. The van der Waals surface area contributed by atoms with Crippen LogP contribution >= 0.6 is 11.3 Å². The first kappa shape index (κ1) is 14.4. The van der Waals surface area contributed by atoms with Crippen LogP contribution in [0.4, 0.5) is 10.9 Å². The van der Waals surface area contributed by atoms with Gasteiger partial charge in [0.2, 0.25) is 0 Å². The normalized spacial score (nSPS) is 19.3. The highest BCUT2D eigenvalue weighted by molar-refractivity contribution is 7.13. The summed E-state index contributed by atoms with van der Waals surface area (Å²) in [6, 6.07) is 2.67. The maximum absolute atomic E-state index is 4.64. The van der Waals surface area contributed by atoms with Gasteiger partial charge in [0.1, 0.15) is 11.6 Å². The standard InChI is InChI=1S/C15H21N5S/c1-10(2)20-6-4-12(9-20)13-8-14(18-11(3)17-13)19-15-16-5-7-21-15/h5,7-8,10,12H,4,6,9H2,1-3H3,(H,16,17,18,19)/t12-/m1/s1. The first-order valence-electron chi connectivity index (χ1n) is 7.38. The molecule has 1 aliphatic rings. The van der Waals surface area contributed by atoms with Crippen LogP contribution in [0.1, 0.15) is 37.7 Å². The maximum atomic E-state index is 4.64. The minimum atomic E-state index is 0.506. The Labute approximate surface area is 129 Å². The van der Waals surface area contributed by atoms with Crippen LogP contribution in [-0.4, -0.2) is 39.0 Å². The van der Waals surface area contributed by atoms with Crippen molar-refractivity contribution in [2.45, 2.75) is 39.2 Å². The Hall–Kier alpha value is -1.53. The molecule has 0 saturated carbocycles. The van der Waals surface area contributed by atoms with Gasteiger partial charge in [0, 0.05) is 36.1 Å². The molecule has 0 amide bonds. The summed E-state index contributed by atoms with van der Waals surface area (Å²) in [4.78, 5) is 15.9. The van der Waals surface area contributed by atoms with Gasteiger partial charge in [-0.15, -0.1) is 11.3 Å². The van der Waals surface area contributed by atoms with Crippen LogP contribution in [0.15, 0.2) is 17.6 Å². The van der Waals surface area contributed by atoms with E-state index in [1.807, 2.05) is 12.3 Å². The van der Waals surface area contributed by atoms with Crippen molar-refractivity contribution in [3.05, 3.63) is 29.2 Å². The van der Waals surface area contributed by atoms with E-state index in [0.717, 1.165) is 35.6 Å². The van der Waals surface area contributed by atoms with Crippen molar-refractivity contribution >= 4 is 22.3 Å². The summed E-state index contributed by atoms with van der Waals surface area (Å²) in [5, 5.41) is 6.09. The first-order chi connectivity index (χ1) is 10.1. The Morgan fingerprint density at radius 2 is 2.24 bits per heavy atom. The lowest BCUT2D eigenvalue weighted by atomic mass is 10.0. The molecule has 1 saturated heterocycles. The molecule has 6 heteroatoms. The number of nitrogens with zero attached hydrogens (tertiary/aromatic N) is 4. The first-order valence-corrected chi connectivity index (χ1v) is 8.26.